The highest BCUT2D eigenvalue weighted by Gasteiger charge is 2.09. The van der Waals surface area contributed by atoms with Crippen LogP contribution in [0.5, 0.6) is 0 Å². The van der Waals surface area contributed by atoms with Crippen LogP contribution in [-0.2, 0) is 24.3 Å². The number of carbonyl (C=O) groups excluding carboxylic acids is 1. The standard InChI is InChI=1S/C23H26N4O2S/c1-17-14-26-21(30-17)11-12-25-23(24-2)27-15-19-9-6-10-20(13-19)22(28)29-16-18-7-4-3-5-8-18/h3-10,13-14H,11-12,15-16H2,1-2H3,(H2,24,25,27). The van der Waals surface area contributed by atoms with Gasteiger partial charge in [0, 0.05) is 37.6 Å². The number of guanidine groups is 1. The molecule has 0 aliphatic carbocycles. The SMILES string of the molecule is CN=C(NCCc1ncc(C)s1)NCc1cccc(C(=O)OCc2ccccc2)c1. The molecule has 0 unspecified atom stereocenters. The third-order valence-electron chi connectivity index (χ3n) is 4.36. The second-order valence-corrected chi connectivity index (χ2v) is 8.05. The van der Waals surface area contributed by atoms with E-state index in [1.165, 1.54) is 4.88 Å². The fourth-order valence-electron chi connectivity index (χ4n) is 2.83. The minimum atomic E-state index is -0.332. The summed E-state index contributed by atoms with van der Waals surface area (Å²) in [6.45, 7) is 3.62. The van der Waals surface area contributed by atoms with Crippen LogP contribution in [0.3, 0.4) is 0 Å². The molecule has 1 heterocycles. The van der Waals surface area contributed by atoms with Gasteiger partial charge in [0.05, 0.1) is 10.6 Å². The molecule has 0 spiro atoms. The molecule has 3 aromatic rings. The molecule has 0 radical (unpaired) electrons. The summed E-state index contributed by atoms with van der Waals surface area (Å²) < 4.78 is 5.41. The van der Waals surface area contributed by atoms with E-state index in [1.807, 2.05) is 54.7 Å². The van der Waals surface area contributed by atoms with Gasteiger partial charge in [0.2, 0.25) is 0 Å². The predicted molar refractivity (Wildman–Crippen MR) is 121 cm³/mol. The van der Waals surface area contributed by atoms with E-state index in [-0.39, 0.29) is 12.6 Å². The molecule has 0 saturated carbocycles. The van der Waals surface area contributed by atoms with Crippen LogP contribution < -0.4 is 10.6 Å². The lowest BCUT2D eigenvalue weighted by Crippen LogP contribution is -2.37. The largest absolute Gasteiger partial charge is 0.457 e. The highest BCUT2D eigenvalue weighted by atomic mass is 32.1. The van der Waals surface area contributed by atoms with Gasteiger partial charge in [0.25, 0.3) is 0 Å². The highest BCUT2D eigenvalue weighted by molar-refractivity contribution is 7.11. The summed E-state index contributed by atoms with van der Waals surface area (Å²) in [5.74, 6) is 0.377. The van der Waals surface area contributed by atoms with Gasteiger partial charge in [-0.15, -0.1) is 11.3 Å². The monoisotopic (exact) mass is 422 g/mol. The Morgan fingerprint density at radius 1 is 1.10 bits per heavy atom. The lowest BCUT2D eigenvalue weighted by Gasteiger charge is -2.12. The van der Waals surface area contributed by atoms with E-state index >= 15 is 0 Å². The van der Waals surface area contributed by atoms with E-state index in [9.17, 15) is 4.79 Å². The van der Waals surface area contributed by atoms with Gasteiger partial charge in [-0.2, -0.15) is 0 Å². The first-order chi connectivity index (χ1) is 14.6. The van der Waals surface area contributed by atoms with E-state index < -0.39 is 0 Å². The van der Waals surface area contributed by atoms with Gasteiger partial charge in [0.1, 0.15) is 6.61 Å². The molecule has 7 heteroatoms. The zero-order valence-corrected chi connectivity index (χ0v) is 18.0. The Morgan fingerprint density at radius 2 is 1.90 bits per heavy atom. The normalized spacial score (nSPS) is 11.2. The summed E-state index contributed by atoms with van der Waals surface area (Å²) in [5, 5.41) is 7.67. The smallest absolute Gasteiger partial charge is 0.338 e. The van der Waals surface area contributed by atoms with E-state index in [2.05, 4.69) is 27.5 Å². The number of benzene rings is 2. The van der Waals surface area contributed by atoms with Crippen LogP contribution in [0.2, 0.25) is 0 Å². The molecular weight excluding hydrogens is 396 g/mol. The van der Waals surface area contributed by atoms with E-state index in [0.717, 1.165) is 29.1 Å². The number of rotatable bonds is 8. The second-order valence-electron chi connectivity index (χ2n) is 6.73. The molecular formula is C23H26N4O2S. The molecule has 0 atom stereocenters. The molecule has 0 aliphatic heterocycles. The second kappa shape index (κ2) is 11.1. The summed E-state index contributed by atoms with van der Waals surface area (Å²) in [6.07, 6.45) is 2.74. The predicted octanol–water partition coefficient (Wildman–Crippen LogP) is 3.72. The molecule has 0 bridgehead atoms. The molecule has 156 valence electrons. The summed E-state index contributed by atoms with van der Waals surface area (Å²) in [7, 11) is 1.74. The minimum absolute atomic E-state index is 0.261. The summed E-state index contributed by atoms with van der Waals surface area (Å²) >= 11 is 1.71. The van der Waals surface area contributed by atoms with Crippen molar-refractivity contribution in [1.82, 2.24) is 15.6 Å². The van der Waals surface area contributed by atoms with Crippen molar-refractivity contribution in [2.75, 3.05) is 13.6 Å². The minimum Gasteiger partial charge on any atom is -0.457 e. The van der Waals surface area contributed by atoms with Gasteiger partial charge < -0.3 is 15.4 Å². The maximum absolute atomic E-state index is 12.4. The van der Waals surface area contributed by atoms with Gasteiger partial charge in [-0.25, -0.2) is 9.78 Å². The van der Waals surface area contributed by atoms with Gasteiger partial charge in [-0.1, -0.05) is 42.5 Å². The Kier molecular flexibility index (Phi) is 7.97. The van der Waals surface area contributed by atoms with Crippen LogP contribution in [0, 0.1) is 6.92 Å². The fourth-order valence-corrected chi connectivity index (χ4v) is 3.61. The first-order valence-electron chi connectivity index (χ1n) is 9.80. The topological polar surface area (TPSA) is 75.6 Å². The van der Waals surface area contributed by atoms with Gasteiger partial charge >= 0.3 is 5.97 Å². The number of esters is 1. The molecule has 0 fully saturated rings. The van der Waals surface area contributed by atoms with Crippen molar-refractivity contribution in [3.05, 3.63) is 87.4 Å². The maximum atomic E-state index is 12.4. The number of nitrogens with zero attached hydrogens (tertiary/aromatic N) is 2. The molecule has 0 aliphatic rings. The Morgan fingerprint density at radius 3 is 2.63 bits per heavy atom. The molecule has 0 amide bonds. The number of hydrogen-bond donors (Lipinski definition) is 2. The number of aryl methyl sites for hydroxylation is 1. The molecule has 2 N–H and O–H groups in total. The van der Waals surface area contributed by atoms with Crippen molar-refractivity contribution in [1.29, 1.82) is 0 Å². The summed E-state index contributed by atoms with van der Waals surface area (Å²) in [4.78, 5) is 22.2. The van der Waals surface area contributed by atoms with E-state index in [1.54, 1.807) is 24.5 Å². The number of carbonyl (C=O) groups is 1. The summed E-state index contributed by atoms with van der Waals surface area (Å²) in [6, 6.07) is 17.1. The Balaban J connectivity index is 1.47. The molecule has 2 aromatic carbocycles. The molecule has 3 rings (SSSR count). The molecule has 30 heavy (non-hydrogen) atoms. The summed E-state index contributed by atoms with van der Waals surface area (Å²) in [5.41, 5.74) is 2.47. The number of aliphatic imine (C=N–C) groups is 1. The zero-order chi connectivity index (χ0) is 21.2. The van der Waals surface area contributed by atoms with Crippen LogP contribution in [0.25, 0.3) is 0 Å². The first-order valence-corrected chi connectivity index (χ1v) is 10.6. The van der Waals surface area contributed by atoms with Crippen molar-refractivity contribution in [2.24, 2.45) is 4.99 Å². The number of aromatic nitrogens is 1. The lowest BCUT2D eigenvalue weighted by atomic mass is 10.1. The van der Waals surface area contributed by atoms with Crippen LogP contribution in [0.1, 0.15) is 31.4 Å². The number of nitrogens with one attached hydrogen (secondary N) is 2. The zero-order valence-electron chi connectivity index (χ0n) is 17.2. The van der Waals surface area contributed by atoms with Gasteiger partial charge in [0.15, 0.2) is 5.96 Å². The average Bonchev–Trinajstić information content (AvgIpc) is 3.20. The Labute approximate surface area is 181 Å². The third kappa shape index (κ3) is 6.70. The van der Waals surface area contributed by atoms with Crippen molar-refractivity contribution >= 4 is 23.3 Å². The maximum Gasteiger partial charge on any atom is 0.338 e. The van der Waals surface area contributed by atoms with Crippen LogP contribution in [0.15, 0.2) is 65.8 Å². The number of hydrogen-bond acceptors (Lipinski definition) is 5. The van der Waals surface area contributed by atoms with Crippen molar-refractivity contribution < 1.29 is 9.53 Å². The van der Waals surface area contributed by atoms with Gasteiger partial charge in [-0.05, 0) is 30.2 Å². The number of ether oxygens (including phenoxy) is 1. The first kappa shape index (κ1) is 21.5. The third-order valence-corrected chi connectivity index (χ3v) is 5.33. The van der Waals surface area contributed by atoms with Crippen LogP contribution >= 0.6 is 11.3 Å². The van der Waals surface area contributed by atoms with Gasteiger partial charge in [-0.3, -0.25) is 4.99 Å². The van der Waals surface area contributed by atoms with Crippen LogP contribution in [0.4, 0.5) is 0 Å². The molecule has 0 saturated heterocycles. The van der Waals surface area contributed by atoms with E-state index in [0.29, 0.717) is 18.1 Å². The van der Waals surface area contributed by atoms with Crippen LogP contribution in [-0.4, -0.2) is 30.5 Å². The van der Waals surface area contributed by atoms with Crippen molar-refractivity contribution in [2.45, 2.75) is 26.5 Å². The molecule has 1 aromatic heterocycles. The highest BCUT2D eigenvalue weighted by Crippen LogP contribution is 2.11. The lowest BCUT2D eigenvalue weighted by molar-refractivity contribution is 0.0472. The fraction of sp³-hybridized carbons (Fsp3) is 0.261. The van der Waals surface area contributed by atoms with Crippen molar-refractivity contribution in [3.8, 4) is 0 Å². The van der Waals surface area contributed by atoms with Crippen molar-refractivity contribution in [3.63, 3.8) is 0 Å². The Hall–Kier alpha value is -3.19. The molecule has 6 nitrogen and oxygen atoms in total. The quantitative estimate of drug-likeness (QED) is 0.329. The average molecular weight is 423 g/mol. The Bertz CT molecular complexity index is 986. The number of thiazole rings is 1. The van der Waals surface area contributed by atoms with E-state index in [4.69, 9.17) is 4.74 Å².